The fourth-order valence-electron chi connectivity index (χ4n) is 4.20. The summed E-state index contributed by atoms with van der Waals surface area (Å²) in [4.78, 5) is 29.1. The average Bonchev–Trinajstić information content (AvgIpc) is 3.15. The van der Waals surface area contributed by atoms with Gasteiger partial charge in [0.05, 0.1) is 11.0 Å². The highest BCUT2D eigenvalue weighted by molar-refractivity contribution is 5.99. The molecule has 2 aromatic rings. The molecule has 31 heavy (non-hydrogen) atoms. The number of nitro groups is 1. The van der Waals surface area contributed by atoms with Gasteiger partial charge in [-0.2, -0.15) is 8.78 Å². The summed E-state index contributed by atoms with van der Waals surface area (Å²) in [6.45, 7) is -0.0824. The molecule has 0 saturated carbocycles. The standard InChI is InChI=1S/C21H22F2N4O4/c22-21(23)31-19-14-16(6-7-17(19)27(29)30)24-10-12-25(13-11-24)18-8-9-26(20(18)28)15-4-2-1-3-5-15/h1-7,14,18,21H,8-13H2. The van der Waals surface area contributed by atoms with Crippen LogP contribution in [-0.2, 0) is 4.79 Å². The Hall–Kier alpha value is -3.27. The first kappa shape index (κ1) is 21.0. The minimum atomic E-state index is -3.15. The number of hydrogen-bond donors (Lipinski definition) is 0. The Morgan fingerprint density at radius 3 is 2.35 bits per heavy atom. The van der Waals surface area contributed by atoms with Crippen molar-refractivity contribution in [1.82, 2.24) is 4.90 Å². The van der Waals surface area contributed by atoms with Gasteiger partial charge in [-0.05, 0) is 24.6 Å². The number of amides is 1. The highest BCUT2D eigenvalue weighted by Gasteiger charge is 2.37. The zero-order valence-corrected chi connectivity index (χ0v) is 16.7. The molecule has 0 aromatic heterocycles. The maximum atomic E-state index is 12.9. The minimum Gasteiger partial charge on any atom is -0.427 e. The van der Waals surface area contributed by atoms with Crippen LogP contribution >= 0.6 is 0 Å². The molecule has 1 atom stereocenters. The second kappa shape index (κ2) is 8.84. The van der Waals surface area contributed by atoms with Crippen molar-refractivity contribution in [3.05, 3.63) is 58.6 Å². The number of hydrogen-bond acceptors (Lipinski definition) is 6. The molecule has 1 amide bonds. The van der Waals surface area contributed by atoms with E-state index in [-0.39, 0.29) is 11.9 Å². The van der Waals surface area contributed by atoms with Gasteiger partial charge in [-0.3, -0.25) is 19.8 Å². The highest BCUT2D eigenvalue weighted by Crippen LogP contribution is 2.33. The van der Waals surface area contributed by atoms with Crippen LogP contribution in [0.5, 0.6) is 5.75 Å². The number of para-hydroxylation sites is 1. The Kier molecular flexibility index (Phi) is 5.99. The van der Waals surface area contributed by atoms with Crippen molar-refractivity contribution in [1.29, 1.82) is 0 Å². The van der Waals surface area contributed by atoms with E-state index in [2.05, 4.69) is 9.64 Å². The van der Waals surface area contributed by atoms with E-state index in [4.69, 9.17) is 0 Å². The fraction of sp³-hybridized carbons (Fsp3) is 0.381. The number of nitrogens with zero attached hydrogens (tertiary/aromatic N) is 4. The van der Waals surface area contributed by atoms with Gasteiger partial charge < -0.3 is 14.5 Å². The van der Waals surface area contributed by atoms with Crippen LogP contribution in [0.2, 0.25) is 0 Å². The Morgan fingerprint density at radius 1 is 1.00 bits per heavy atom. The normalized spacial score (nSPS) is 19.8. The fourth-order valence-corrected chi connectivity index (χ4v) is 4.20. The molecule has 1 unspecified atom stereocenters. The lowest BCUT2D eigenvalue weighted by Crippen LogP contribution is -2.52. The van der Waals surface area contributed by atoms with Gasteiger partial charge in [-0.1, -0.05) is 18.2 Å². The summed E-state index contributed by atoms with van der Waals surface area (Å²) < 4.78 is 29.6. The van der Waals surface area contributed by atoms with Crippen molar-refractivity contribution >= 4 is 23.0 Å². The van der Waals surface area contributed by atoms with E-state index in [1.807, 2.05) is 35.2 Å². The molecule has 0 aliphatic carbocycles. The molecular weight excluding hydrogens is 410 g/mol. The van der Waals surface area contributed by atoms with Crippen LogP contribution in [0.25, 0.3) is 0 Å². The third-order valence-corrected chi connectivity index (χ3v) is 5.72. The number of alkyl halides is 2. The molecule has 0 N–H and O–H groups in total. The smallest absolute Gasteiger partial charge is 0.387 e. The van der Waals surface area contributed by atoms with Crippen molar-refractivity contribution in [2.45, 2.75) is 19.1 Å². The minimum absolute atomic E-state index is 0.0857. The number of nitro benzene ring substituents is 1. The molecule has 2 aliphatic rings. The van der Waals surface area contributed by atoms with Crippen LogP contribution in [-0.4, -0.2) is 61.1 Å². The van der Waals surface area contributed by atoms with E-state index in [0.717, 1.165) is 12.1 Å². The average molecular weight is 432 g/mol. The van der Waals surface area contributed by atoms with Crippen molar-refractivity contribution in [3.63, 3.8) is 0 Å². The van der Waals surface area contributed by atoms with E-state index in [9.17, 15) is 23.7 Å². The number of halogens is 2. The van der Waals surface area contributed by atoms with Crippen LogP contribution in [0.3, 0.4) is 0 Å². The number of ether oxygens (including phenoxy) is 1. The SMILES string of the molecule is O=C1C(N2CCN(c3ccc([N+](=O)[O-])c(OC(F)F)c3)CC2)CCN1c1ccccc1. The summed E-state index contributed by atoms with van der Waals surface area (Å²) in [6, 6.07) is 13.4. The van der Waals surface area contributed by atoms with Gasteiger partial charge in [0.1, 0.15) is 0 Å². The second-order valence-corrected chi connectivity index (χ2v) is 7.44. The molecular formula is C21H22F2N4O4. The first-order valence-electron chi connectivity index (χ1n) is 10.0. The van der Waals surface area contributed by atoms with E-state index in [0.29, 0.717) is 38.4 Å². The zero-order chi connectivity index (χ0) is 22.0. The predicted molar refractivity (Wildman–Crippen MR) is 111 cm³/mol. The van der Waals surface area contributed by atoms with Gasteiger partial charge in [0.25, 0.3) is 0 Å². The lowest BCUT2D eigenvalue weighted by molar-refractivity contribution is -0.386. The molecule has 0 spiro atoms. The highest BCUT2D eigenvalue weighted by atomic mass is 19.3. The van der Waals surface area contributed by atoms with Crippen LogP contribution in [0.1, 0.15) is 6.42 Å². The molecule has 2 saturated heterocycles. The van der Waals surface area contributed by atoms with Gasteiger partial charge in [0.2, 0.25) is 11.7 Å². The number of piperazine rings is 1. The monoisotopic (exact) mass is 432 g/mol. The van der Waals surface area contributed by atoms with Gasteiger partial charge in [0.15, 0.2) is 0 Å². The lowest BCUT2D eigenvalue weighted by Gasteiger charge is -2.38. The second-order valence-electron chi connectivity index (χ2n) is 7.44. The molecule has 2 aromatic carbocycles. The Balaban J connectivity index is 1.41. The van der Waals surface area contributed by atoms with E-state index >= 15 is 0 Å². The number of benzene rings is 2. The number of rotatable bonds is 6. The summed E-state index contributed by atoms with van der Waals surface area (Å²) >= 11 is 0. The van der Waals surface area contributed by atoms with Gasteiger partial charge in [-0.25, -0.2) is 0 Å². The summed E-state index contributed by atoms with van der Waals surface area (Å²) in [5, 5.41) is 11.1. The van der Waals surface area contributed by atoms with Crippen molar-refractivity contribution in [2.75, 3.05) is 42.5 Å². The maximum Gasteiger partial charge on any atom is 0.387 e. The summed E-state index contributed by atoms with van der Waals surface area (Å²) in [5.74, 6) is -0.369. The van der Waals surface area contributed by atoms with Crippen LogP contribution in [0, 0.1) is 10.1 Å². The lowest BCUT2D eigenvalue weighted by atomic mass is 10.1. The summed E-state index contributed by atoms with van der Waals surface area (Å²) in [5.41, 5.74) is 0.968. The Morgan fingerprint density at radius 2 is 1.71 bits per heavy atom. The number of carbonyl (C=O) groups excluding carboxylic acids is 1. The van der Waals surface area contributed by atoms with Gasteiger partial charge >= 0.3 is 12.3 Å². The third-order valence-electron chi connectivity index (χ3n) is 5.72. The molecule has 2 heterocycles. The Bertz CT molecular complexity index is 952. The predicted octanol–water partition coefficient (Wildman–Crippen LogP) is 3.12. The zero-order valence-electron chi connectivity index (χ0n) is 16.7. The van der Waals surface area contributed by atoms with E-state index < -0.39 is 23.0 Å². The van der Waals surface area contributed by atoms with Crippen molar-refractivity contribution in [2.24, 2.45) is 0 Å². The first-order chi connectivity index (χ1) is 14.9. The van der Waals surface area contributed by atoms with Crippen LogP contribution in [0.15, 0.2) is 48.5 Å². The van der Waals surface area contributed by atoms with Crippen molar-refractivity contribution in [3.8, 4) is 5.75 Å². The third kappa shape index (κ3) is 4.43. The molecule has 10 heteroatoms. The molecule has 0 bridgehead atoms. The number of carbonyl (C=O) groups is 1. The van der Waals surface area contributed by atoms with E-state index in [1.165, 1.54) is 18.2 Å². The van der Waals surface area contributed by atoms with Gasteiger partial charge in [0, 0.05) is 56.2 Å². The Labute approximate surface area is 177 Å². The van der Waals surface area contributed by atoms with Gasteiger partial charge in [-0.15, -0.1) is 0 Å². The summed E-state index contributed by atoms with van der Waals surface area (Å²) in [7, 11) is 0. The molecule has 0 radical (unpaired) electrons. The topological polar surface area (TPSA) is 79.2 Å². The largest absolute Gasteiger partial charge is 0.427 e. The molecule has 4 rings (SSSR count). The summed E-state index contributed by atoms with van der Waals surface area (Å²) in [6.07, 6.45) is 0.748. The van der Waals surface area contributed by atoms with Crippen LogP contribution in [0.4, 0.5) is 25.8 Å². The quantitative estimate of drug-likeness (QED) is 0.516. The molecule has 2 aliphatic heterocycles. The maximum absolute atomic E-state index is 12.9. The number of anilines is 2. The van der Waals surface area contributed by atoms with Crippen LogP contribution < -0.4 is 14.5 Å². The van der Waals surface area contributed by atoms with E-state index in [1.54, 1.807) is 4.90 Å². The first-order valence-corrected chi connectivity index (χ1v) is 10.0. The molecule has 164 valence electrons. The molecule has 2 fully saturated rings. The van der Waals surface area contributed by atoms with Crippen molar-refractivity contribution < 1.29 is 23.2 Å². The molecule has 8 nitrogen and oxygen atoms in total.